The smallest absolute Gasteiger partial charge is 0.269 e. The number of rotatable bonds is 3. The number of carbonyl (C=O) groups is 1. The number of amidine groups is 1. The molecule has 7 nitrogen and oxygen atoms in total. The number of hydrogen-bond acceptors (Lipinski definition) is 6. The number of phenolic OH excluding ortho intramolecular Hbond substituents is 1. The van der Waals surface area contributed by atoms with Crippen molar-refractivity contribution in [2.45, 2.75) is 0 Å². The lowest BCUT2D eigenvalue weighted by Gasteiger charge is -1.96. The number of nitro groups is 1. The average molecular weight is 341 g/mol. The third kappa shape index (κ3) is 3.61. The Morgan fingerprint density at radius 1 is 1.12 bits per heavy atom. The Balaban J connectivity index is 1.79. The topological polar surface area (TPSA) is 105 Å². The number of non-ortho nitro benzene ring substituents is 1. The van der Waals surface area contributed by atoms with Crippen LogP contribution >= 0.6 is 11.8 Å². The summed E-state index contributed by atoms with van der Waals surface area (Å²) in [5, 5.41) is 23.0. The van der Waals surface area contributed by atoms with Crippen molar-refractivity contribution >= 4 is 40.3 Å². The monoisotopic (exact) mass is 341 g/mol. The van der Waals surface area contributed by atoms with Gasteiger partial charge in [-0.15, -0.1) is 0 Å². The molecular formula is C16H11N3O4S. The highest BCUT2D eigenvalue weighted by atomic mass is 32.2. The maximum Gasteiger partial charge on any atom is 0.269 e. The van der Waals surface area contributed by atoms with Gasteiger partial charge < -0.3 is 10.4 Å². The number of thioether (sulfide) groups is 1. The van der Waals surface area contributed by atoms with Crippen molar-refractivity contribution in [3.63, 3.8) is 0 Å². The van der Waals surface area contributed by atoms with Gasteiger partial charge in [-0.2, -0.15) is 0 Å². The normalized spacial score (nSPS) is 17.2. The van der Waals surface area contributed by atoms with Gasteiger partial charge in [0.15, 0.2) is 5.17 Å². The average Bonchev–Trinajstić information content (AvgIpc) is 2.89. The summed E-state index contributed by atoms with van der Waals surface area (Å²) in [6, 6.07) is 12.2. The number of aromatic hydroxyl groups is 1. The molecule has 0 aromatic heterocycles. The van der Waals surface area contributed by atoms with E-state index in [2.05, 4.69) is 10.3 Å². The van der Waals surface area contributed by atoms with Gasteiger partial charge in [0.05, 0.1) is 15.5 Å². The molecular weight excluding hydrogens is 330 g/mol. The number of hydrogen-bond donors (Lipinski definition) is 2. The lowest BCUT2D eigenvalue weighted by atomic mass is 10.2. The first-order valence-electron chi connectivity index (χ1n) is 6.84. The van der Waals surface area contributed by atoms with Gasteiger partial charge in [0.1, 0.15) is 5.75 Å². The molecule has 120 valence electrons. The molecule has 0 unspecified atom stereocenters. The van der Waals surface area contributed by atoms with Crippen LogP contribution in [0, 0.1) is 10.1 Å². The van der Waals surface area contributed by atoms with Crippen molar-refractivity contribution in [2.24, 2.45) is 4.99 Å². The van der Waals surface area contributed by atoms with Crippen LogP contribution in [0.4, 0.5) is 11.4 Å². The standard InChI is InChI=1S/C16H11N3O4S/c20-13-7-3-11(4-8-13)17-16-18-15(21)14(24-16)9-10-1-5-12(6-2-10)19(22)23/h1-9,20H,(H,17,18,21)/b14-9+. The van der Waals surface area contributed by atoms with Gasteiger partial charge in [-0.3, -0.25) is 14.9 Å². The zero-order chi connectivity index (χ0) is 17.1. The number of benzene rings is 2. The highest BCUT2D eigenvalue weighted by Gasteiger charge is 2.23. The first-order valence-corrected chi connectivity index (χ1v) is 7.66. The largest absolute Gasteiger partial charge is 0.508 e. The Morgan fingerprint density at radius 3 is 2.42 bits per heavy atom. The van der Waals surface area contributed by atoms with E-state index in [0.717, 1.165) is 0 Å². The van der Waals surface area contributed by atoms with Crippen LogP contribution in [0.1, 0.15) is 5.56 Å². The first-order chi connectivity index (χ1) is 11.5. The molecule has 2 N–H and O–H groups in total. The van der Waals surface area contributed by atoms with E-state index < -0.39 is 4.92 Å². The number of amides is 1. The summed E-state index contributed by atoms with van der Waals surface area (Å²) in [5.41, 5.74) is 1.28. The summed E-state index contributed by atoms with van der Waals surface area (Å²) in [6.45, 7) is 0. The molecule has 3 rings (SSSR count). The first kappa shape index (κ1) is 15.8. The minimum Gasteiger partial charge on any atom is -0.508 e. The van der Waals surface area contributed by atoms with Crippen LogP contribution in [0.15, 0.2) is 58.4 Å². The van der Waals surface area contributed by atoms with E-state index in [1.54, 1.807) is 30.3 Å². The maximum absolute atomic E-state index is 12.0. The molecule has 2 aromatic carbocycles. The molecule has 1 amide bonds. The Labute approximate surface area is 140 Å². The molecule has 0 saturated carbocycles. The fourth-order valence-electron chi connectivity index (χ4n) is 1.97. The van der Waals surface area contributed by atoms with Crippen molar-refractivity contribution in [3.8, 4) is 5.75 Å². The Kier molecular flexibility index (Phi) is 4.30. The summed E-state index contributed by atoms with van der Waals surface area (Å²) < 4.78 is 0. The number of nitrogens with one attached hydrogen (secondary N) is 1. The highest BCUT2D eigenvalue weighted by molar-refractivity contribution is 8.18. The van der Waals surface area contributed by atoms with Crippen LogP contribution in [-0.2, 0) is 4.79 Å². The summed E-state index contributed by atoms with van der Waals surface area (Å²) in [4.78, 5) is 26.9. The highest BCUT2D eigenvalue weighted by Crippen LogP contribution is 2.28. The minimum absolute atomic E-state index is 0.00439. The van der Waals surface area contributed by atoms with E-state index in [-0.39, 0.29) is 17.3 Å². The summed E-state index contributed by atoms with van der Waals surface area (Å²) >= 11 is 1.18. The molecule has 24 heavy (non-hydrogen) atoms. The fraction of sp³-hybridized carbons (Fsp3) is 0. The molecule has 0 atom stereocenters. The molecule has 1 aliphatic heterocycles. The third-order valence-corrected chi connectivity index (χ3v) is 4.04. The van der Waals surface area contributed by atoms with Crippen molar-refractivity contribution in [2.75, 3.05) is 0 Å². The number of phenols is 1. The molecule has 8 heteroatoms. The third-order valence-electron chi connectivity index (χ3n) is 3.13. The van der Waals surface area contributed by atoms with Crippen LogP contribution in [-0.4, -0.2) is 21.1 Å². The van der Waals surface area contributed by atoms with Crippen LogP contribution in [0.2, 0.25) is 0 Å². The van der Waals surface area contributed by atoms with Crippen LogP contribution in [0.5, 0.6) is 5.75 Å². The summed E-state index contributed by atoms with van der Waals surface area (Å²) in [6.07, 6.45) is 1.64. The molecule has 2 aromatic rings. The van der Waals surface area contributed by atoms with Crippen molar-refractivity contribution in [3.05, 3.63) is 69.1 Å². The van der Waals surface area contributed by atoms with Crippen LogP contribution < -0.4 is 5.32 Å². The van der Waals surface area contributed by atoms with Crippen molar-refractivity contribution < 1.29 is 14.8 Å². The van der Waals surface area contributed by atoms with Gasteiger partial charge in [-0.05, 0) is 59.8 Å². The molecule has 0 radical (unpaired) electrons. The Bertz CT molecular complexity index is 858. The van der Waals surface area contributed by atoms with Gasteiger partial charge >= 0.3 is 0 Å². The van der Waals surface area contributed by atoms with Crippen LogP contribution in [0.25, 0.3) is 6.08 Å². The number of carbonyl (C=O) groups excluding carboxylic acids is 1. The second-order valence-electron chi connectivity index (χ2n) is 4.85. The number of aliphatic imine (C=N–C) groups is 1. The van der Waals surface area contributed by atoms with Gasteiger partial charge in [0.25, 0.3) is 11.6 Å². The predicted octanol–water partition coefficient (Wildman–Crippen LogP) is 3.19. The maximum atomic E-state index is 12.0. The second-order valence-corrected chi connectivity index (χ2v) is 5.88. The lowest BCUT2D eigenvalue weighted by Crippen LogP contribution is -2.19. The van der Waals surface area contributed by atoms with Gasteiger partial charge in [-0.1, -0.05) is 0 Å². The zero-order valence-electron chi connectivity index (χ0n) is 12.2. The molecule has 1 fully saturated rings. The number of nitro benzene ring substituents is 1. The van der Waals surface area contributed by atoms with Gasteiger partial charge in [0, 0.05) is 12.1 Å². The van der Waals surface area contributed by atoms with Gasteiger partial charge in [-0.25, -0.2) is 4.99 Å². The van der Waals surface area contributed by atoms with Crippen molar-refractivity contribution in [1.82, 2.24) is 5.32 Å². The van der Waals surface area contributed by atoms with E-state index in [1.165, 1.54) is 36.0 Å². The van der Waals surface area contributed by atoms with Crippen LogP contribution in [0.3, 0.4) is 0 Å². The van der Waals surface area contributed by atoms with Crippen molar-refractivity contribution in [1.29, 1.82) is 0 Å². The molecule has 1 saturated heterocycles. The van der Waals surface area contributed by atoms with E-state index in [1.807, 2.05) is 0 Å². The Morgan fingerprint density at radius 2 is 1.79 bits per heavy atom. The zero-order valence-corrected chi connectivity index (χ0v) is 13.0. The molecule has 1 heterocycles. The quantitative estimate of drug-likeness (QED) is 0.507. The minimum atomic E-state index is -0.476. The van der Waals surface area contributed by atoms with E-state index in [9.17, 15) is 20.0 Å². The van der Waals surface area contributed by atoms with E-state index in [0.29, 0.717) is 21.3 Å². The van der Waals surface area contributed by atoms with Gasteiger partial charge in [0.2, 0.25) is 0 Å². The SMILES string of the molecule is O=C1NC(=Nc2ccc(O)cc2)S/C1=C/c1ccc([N+](=O)[O-])cc1. The molecule has 0 spiro atoms. The molecule has 0 bridgehead atoms. The summed E-state index contributed by atoms with van der Waals surface area (Å²) in [5.74, 6) is -0.142. The van der Waals surface area contributed by atoms with E-state index in [4.69, 9.17) is 0 Å². The molecule has 0 aliphatic carbocycles. The summed E-state index contributed by atoms with van der Waals surface area (Å²) in [7, 11) is 0. The lowest BCUT2D eigenvalue weighted by molar-refractivity contribution is -0.384. The number of nitrogens with zero attached hydrogens (tertiary/aromatic N) is 2. The second kappa shape index (κ2) is 6.55. The Hall–Kier alpha value is -3.13. The predicted molar refractivity (Wildman–Crippen MR) is 92.0 cm³/mol. The fourth-order valence-corrected chi connectivity index (χ4v) is 2.81. The molecule has 1 aliphatic rings. The van der Waals surface area contributed by atoms with E-state index >= 15 is 0 Å².